The maximum absolute atomic E-state index is 13.8. The quantitative estimate of drug-likeness (QED) is 0.775. The van der Waals surface area contributed by atoms with Gasteiger partial charge in [-0.2, -0.15) is 0 Å². The van der Waals surface area contributed by atoms with Crippen LogP contribution in [0, 0.1) is 5.82 Å². The van der Waals surface area contributed by atoms with Crippen molar-refractivity contribution in [1.29, 1.82) is 0 Å². The van der Waals surface area contributed by atoms with Crippen molar-refractivity contribution in [3.63, 3.8) is 0 Å². The maximum atomic E-state index is 13.8. The van der Waals surface area contributed by atoms with Crippen LogP contribution in [0.3, 0.4) is 0 Å². The molecule has 0 atom stereocenters. The van der Waals surface area contributed by atoms with Crippen molar-refractivity contribution >= 4 is 28.7 Å². The van der Waals surface area contributed by atoms with Gasteiger partial charge in [-0.1, -0.05) is 0 Å². The molecule has 1 aliphatic rings. The topological polar surface area (TPSA) is 41.3 Å². The molecule has 0 spiro atoms. The van der Waals surface area contributed by atoms with Gasteiger partial charge in [-0.25, -0.2) is 4.39 Å². The molecule has 86 valence electrons. The molecule has 16 heavy (non-hydrogen) atoms. The number of thiocarbonyl (C=S) groups is 1. The molecule has 5 heteroatoms. The average Bonchev–Trinajstić information content (AvgIpc) is 2.69. The van der Waals surface area contributed by atoms with Crippen LogP contribution in [0.2, 0.25) is 0 Å². The lowest BCUT2D eigenvalue weighted by Crippen LogP contribution is -2.21. The lowest BCUT2D eigenvalue weighted by molar-refractivity contribution is 0.624. The normalized spacial score (nSPS) is 15.2. The van der Waals surface area contributed by atoms with E-state index in [-0.39, 0.29) is 10.9 Å². The molecule has 1 saturated heterocycles. The first-order chi connectivity index (χ1) is 7.66. The number of anilines is 2. The zero-order valence-electron chi connectivity index (χ0n) is 8.87. The molecule has 0 saturated carbocycles. The molecule has 0 amide bonds. The largest absolute Gasteiger partial charge is 0.376 e. The summed E-state index contributed by atoms with van der Waals surface area (Å²) >= 11 is 4.69. The van der Waals surface area contributed by atoms with Crippen molar-refractivity contribution in [2.45, 2.75) is 12.8 Å². The molecule has 1 aromatic carbocycles. The minimum absolute atomic E-state index is 0.147. The molecule has 1 aromatic rings. The SMILES string of the molecule is NC(=S)Nc1ccc(N2CCCC2)c(F)c1. The van der Waals surface area contributed by atoms with E-state index in [2.05, 4.69) is 10.2 Å². The fourth-order valence-electron chi connectivity index (χ4n) is 1.94. The molecule has 1 fully saturated rings. The zero-order chi connectivity index (χ0) is 11.5. The van der Waals surface area contributed by atoms with E-state index in [0.717, 1.165) is 25.9 Å². The van der Waals surface area contributed by atoms with Crippen LogP contribution in [0.4, 0.5) is 15.8 Å². The maximum Gasteiger partial charge on any atom is 0.168 e. The van der Waals surface area contributed by atoms with Gasteiger partial charge in [0.05, 0.1) is 5.69 Å². The third kappa shape index (κ3) is 2.41. The van der Waals surface area contributed by atoms with Gasteiger partial charge in [-0.15, -0.1) is 0 Å². The summed E-state index contributed by atoms with van der Waals surface area (Å²) in [6, 6.07) is 4.98. The third-order valence-corrected chi connectivity index (χ3v) is 2.76. The number of halogens is 1. The second-order valence-electron chi connectivity index (χ2n) is 3.85. The summed E-state index contributed by atoms with van der Waals surface area (Å²) in [5.41, 5.74) is 6.57. The molecule has 3 N–H and O–H groups in total. The number of nitrogens with two attached hydrogens (primary N) is 1. The number of rotatable bonds is 2. The van der Waals surface area contributed by atoms with Crippen LogP contribution < -0.4 is 16.0 Å². The number of nitrogens with zero attached hydrogens (tertiary/aromatic N) is 1. The summed E-state index contributed by atoms with van der Waals surface area (Å²) < 4.78 is 13.8. The van der Waals surface area contributed by atoms with Crippen molar-refractivity contribution in [1.82, 2.24) is 0 Å². The molecule has 0 aromatic heterocycles. The fourth-order valence-corrected chi connectivity index (χ4v) is 2.06. The Labute approximate surface area is 99.4 Å². The molecule has 0 unspecified atom stereocenters. The number of hydrogen-bond donors (Lipinski definition) is 2. The summed E-state index contributed by atoms with van der Waals surface area (Å²) in [5.74, 6) is -0.233. The highest BCUT2D eigenvalue weighted by molar-refractivity contribution is 7.80. The fraction of sp³-hybridized carbons (Fsp3) is 0.364. The van der Waals surface area contributed by atoms with Crippen molar-refractivity contribution < 1.29 is 4.39 Å². The molecule has 3 nitrogen and oxygen atoms in total. The van der Waals surface area contributed by atoms with Crippen molar-refractivity contribution in [2.75, 3.05) is 23.3 Å². The van der Waals surface area contributed by atoms with Gasteiger partial charge in [-0.3, -0.25) is 0 Å². The predicted molar refractivity (Wildman–Crippen MR) is 68.3 cm³/mol. The highest BCUT2D eigenvalue weighted by Gasteiger charge is 2.16. The van der Waals surface area contributed by atoms with E-state index in [0.29, 0.717) is 11.4 Å². The molecule has 0 aliphatic carbocycles. The van der Waals surface area contributed by atoms with E-state index in [9.17, 15) is 4.39 Å². The third-order valence-electron chi connectivity index (χ3n) is 2.66. The highest BCUT2D eigenvalue weighted by Crippen LogP contribution is 2.25. The second kappa shape index (κ2) is 4.65. The smallest absolute Gasteiger partial charge is 0.168 e. The van der Waals surface area contributed by atoms with E-state index in [1.165, 1.54) is 6.07 Å². The zero-order valence-corrected chi connectivity index (χ0v) is 9.69. The second-order valence-corrected chi connectivity index (χ2v) is 4.29. The Hall–Kier alpha value is -1.36. The van der Waals surface area contributed by atoms with E-state index in [1.807, 2.05) is 0 Å². The average molecular weight is 239 g/mol. The summed E-state index contributed by atoms with van der Waals surface area (Å²) in [4.78, 5) is 2.06. The first kappa shape index (κ1) is 11.1. The number of benzene rings is 1. The van der Waals surface area contributed by atoms with Gasteiger partial charge in [0.15, 0.2) is 5.11 Å². The Balaban J connectivity index is 2.18. The van der Waals surface area contributed by atoms with Crippen molar-refractivity contribution in [3.05, 3.63) is 24.0 Å². The van der Waals surface area contributed by atoms with Gasteiger partial charge in [0.25, 0.3) is 0 Å². The molecular weight excluding hydrogens is 225 g/mol. The molecule has 2 rings (SSSR count). The van der Waals surface area contributed by atoms with E-state index >= 15 is 0 Å². The van der Waals surface area contributed by atoms with Crippen LogP contribution >= 0.6 is 12.2 Å². The number of hydrogen-bond acceptors (Lipinski definition) is 2. The van der Waals surface area contributed by atoms with Crippen LogP contribution in [0.25, 0.3) is 0 Å². The summed E-state index contributed by atoms with van der Waals surface area (Å²) in [5, 5.41) is 2.86. The Kier molecular flexibility index (Phi) is 3.24. The minimum atomic E-state index is -0.233. The predicted octanol–water partition coefficient (Wildman–Crippen LogP) is 2.08. The van der Waals surface area contributed by atoms with Crippen LogP contribution in [0.15, 0.2) is 18.2 Å². The molecular formula is C11H14FN3S. The molecule has 0 bridgehead atoms. The monoisotopic (exact) mass is 239 g/mol. The molecule has 1 heterocycles. The van der Waals surface area contributed by atoms with Gasteiger partial charge in [0, 0.05) is 18.8 Å². The van der Waals surface area contributed by atoms with E-state index in [1.54, 1.807) is 12.1 Å². The Morgan fingerprint density at radius 3 is 2.62 bits per heavy atom. The first-order valence-electron chi connectivity index (χ1n) is 5.28. The van der Waals surface area contributed by atoms with Gasteiger partial charge in [0.1, 0.15) is 5.82 Å². The minimum Gasteiger partial charge on any atom is -0.376 e. The lowest BCUT2D eigenvalue weighted by atomic mass is 10.2. The van der Waals surface area contributed by atoms with E-state index < -0.39 is 0 Å². The Morgan fingerprint density at radius 1 is 1.38 bits per heavy atom. The van der Waals surface area contributed by atoms with Crippen LogP contribution in [0.1, 0.15) is 12.8 Å². The summed E-state index contributed by atoms with van der Waals surface area (Å²) in [7, 11) is 0. The van der Waals surface area contributed by atoms with Gasteiger partial charge in [-0.05, 0) is 43.3 Å². The van der Waals surface area contributed by atoms with Gasteiger partial charge in [0.2, 0.25) is 0 Å². The van der Waals surface area contributed by atoms with Crippen LogP contribution in [-0.4, -0.2) is 18.2 Å². The highest BCUT2D eigenvalue weighted by atomic mass is 32.1. The van der Waals surface area contributed by atoms with Crippen molar-refractivity contribution in [2.24, 2.45) is 5.73 Å². The molecule has 0 radical (unpaired) electrons. The van der Waals surface area contributed by atoms with Crippen LogP contribution in [-0.2, 0) is 0 Å². The lowest BCUT2D eigenvalue weighted by Gasteiger charge is -2.18. The van der Waals surface area contributed by atoms with E-state index in [4.69, 9.17) is 18.0 Å². The van der Waals surface area contributed by atoms with Crippen molar-refractivity contribution in [3.8, 4) is 0 Å². The summed E-state index contributed by atoms with van der Waals surface area (Å²) in [6.07, 6.45) is 2.26. The first-order valence-corrected chi connectivity index (χ1v) is 5.68. The van der Waals surface area contributed by atoms with Gasteiger partial charge >= 0.3 is 0 Å². The molecule has 1 aliphatic heterocycles. The van der Waals surface area contributed by atoms with Gasteiger partial charge < -0.3 is 16.0 Å². The standard InChI is InChI=1S/C11H14FN3S/c12-9-7-8(14-11(13)16)3-4-10(9)15-5-1-2-6-15/h3-4,7H,1-2,5-6H2,(H3,13,14,16). The Bertz CT molecular complexity index is 402. The Morgan fingerprint density at radius 2 is 2.06 bits per heavy atom. The number of nitrogens with one attached hydrogen (secondary N) is 1. The summed E-state index contributed by atoms with van der Waals surface area (Å²) in [6.45, 7) is 1.86. The van der Waals surface area contributed by atoms with Crippen LogP contribution in [0.5, 0.6) is 0 Å².